The molecular formula is C18H26N2O2. The van der Waals surface area contributed by atoms with Gasteiger partial charge in [0.1, 0.15) is 5.60 Å². The van der Waals surface area contributed by atoms with Crippen molar-refractivity contribution < 1.29 is 9.53 Å². The van der Waals surface area contributed by atoms with Gasteiger partial charge in [0.2, 0.25) is 0 Å². The van der Waals surface area contributed by atoms with Crippen LogP contribution in [0, 0.1) is 5.92 Å². The fraction of sp³-hybridized carbons (Fsp3) is 0.611. The van der Waals surface area contributed by atoms with Gasteiger partial charge in [-0.3, -0.25) is 0 Å². The van der Waals surface area contributed by atoms with Crippen molar-refractivity contribution in [1.82, 2.24) is 10.2 Å². The smallest absolute Gasteiger partial charge is 0.410 e. The Morgan fingerprint density at radius 3 is 2.73 bits per heavy atom. The van der Waals surface area contributed by atoms with Gasteiger partial charge >= 0.3 is 6.09 Å². The summed E-state index contributed by atoms with van der Waals surface area (Å²) in [5.41, 5.74) is 0.829. The zero-order valence-corrected chi connectivity index (χ0v) is 13.7. The number of amides is 1. The Bertz CT molecular complexity index is 524. The lowest BCUT2D eigenvalue weighted by Crippen LogP contribution is -2.47. The summed E-state index contributed by atoms with van der Waals surface area (Å²) in [6.45, 7) is 7.64. The first kappa shape index (κ1) is 15.3. The minimum Gasteiger partial charge on any atom is -0.444 e. The number of ether oxygens (including phenoxy) is 1. The zero-order chi connectivity index (χ0) is 15.7. The van der Waals surface area contributed by atoms with Crippen LogP contribution in [0.15, 0.2) is 30.3 Å². The lowest BCUT2D eigenvalue weighted by Gasteiger charge is -2.30. The van der Waals surface area contributed by atoms with Crippen molar-refractivity contribution >= 4 is 6.09 Å². The topological polar surface area (TPSA) is 41.6 Å². The predicted octanol–water partition coefficient (Wildman–Crippen LogP) is 2.83. The largest absolute Gasteiger partial charge is 0.444 e. The fourth-order valence-corrected chi connectivity index (χ4v) is 3.64. The van der Waals surface area contributed by atoms with E-state index in [1.807, 2.05) is 31.7 Å². The molecule has 4 nitrogen and oxygen atoms in total. The molecule has 1 N–H and O–H groups in total. The van der Waals surface area contributed by atoms with Crippen LogP contribution in [0.4, 0.5) is 4.79 Å². The molecule has 3 rings (SSSR count). The van der Waals surface area contributed by atoms with Crippen molar-refractivity contribution in [1.29, 1.82) is 0 Å². The molecule has 120 valence electrons. The van der Waals surface area contributed by atoms with Crippen LogP contribution >= 0.6 is 0 Å². The second-order valence-corrected chi connectivity index (χ2v) is 7.42. The van der Waals surface area contributed by atoms with E-state index in [1.54, 1.807) is 0 Å². The van der Waals surface area contributed by atoms with E-state index < -0.39 is 5.60 Å². The average Bonchev–Trinajstić information content (AvgIpc) is 3.01. The molecule has 0 spiro atoms. The van der Waals surface area contributed by atoms with Crippen LogP contribution in [0.1, 0.15) is 32.8 Å². The van der Waals surface area contributed by atoms with Crippen LogP contribution in [-0.2, 0) is 11.2 Å². The maximum atomic E-state index is 12.6. The minimum absolute atomic E-state index is 0.176. The third kappa shape index (κ3) is 3.27. The Balaban J connectivity index is 1.77. The van der Waals surface area contributed by atoms with Crippen LogP contribution in [0.3, 0.4) is 0 Å². The predicted molar refractivity (Wildman–Crippen MR) is 86.8 cm³/mol. The summed E-state index contributed by atoms with van der Waals surface area (Å²) in [6.07, 6.45) is 1.85. The number of nitrogens with one attached hydrogen (secondary N) is 1. The molecule has 1 aromatic rings. The molecule has 2 saturated heterocycles. The SMILES string of the molecule is CC(C)(C)OC(=O)N1CC2CCNC2C1Cc1ccccc1. The highest BCUT2D eigenvalue weighted by molar-refractivity contribution is 5.69. The van der Waals surface area contributed by atoms with Crippen molar-refractivity contribution in [2.24, 2.45) is 5.92 Å². The number of rotatable bonds is 2. The van der Waals surface area contributed by atoms with Crippen molar-refractivity contribution in [2.45, 2.75) is 51.3 Å². The summed E-state index contributed by atoms with van der Waals surface area (Å²) >= 11 is 0. The molecule has 0 aliphatic carbocycles. The van der Waals surface area contributed by atoms with Gasteiger partial charge in [-0.15, -0.1) is 0 Å². The standard InChI is InChI=1S/C18H26N2O2/c1-18(2,3)22-17(21)20-12-14-9-10-19-16(14)15(20)11-13-7-5-4-6-8-13/h4-8,14-16,19H,9-12H2,1-3H3. The summed E-state index contributed by atoms with van der Waals surface area (Å²) in [4.78, 5) is 14.5. The maximum Gasteiger partial charge on any atom is 0.410 e. The summed E-state index contributed by atoms with van der Waals surface area (Å²) in [7, 11) is 0. The highest BCUT2D eigenvalue weighted by Crippen LogP contribution is 2.33. The van der Waals surface area contributed by atoms with Crippen molar-refractivity contribution in [2.75, 3.05) is 13.1 Å². The first-order valence-corrected chi connectivity index (χ1v) is 8.21. The molecular weight excluding hydrogens is 276 g/mol. The van der Waals surface area contributed by atoms with E-state index in [9.17, 15) is 4.79 Å². The summed E-state index contributed by atoms with van der Waals surface area (Å²) in [6, 6.07) is 11.0. The van der Waals surface area contributed by atoms with Crippen molar-refractivity contribution in [3.63, 3.8) is 0 Å². The molecule has 3 unspecified atom stereocenters. The van der Waals surface area contributed by atoms with Crippen LogP contribution in [0.2, 0.25) is 0 Å². The monoisotopic (exact) mass is 302 g/mol. The normalized spacial score (nSPS) is 27.8. The molecule has 2 heterocycles. The molecule has 1 amide bonds. The summed E-state index contributed by atoms with van der Waals surface area (Å²) in [5.74, 6) is 0.557. The molecule has 4 heteroatoms. The number of nitrogens with zero attached hydrogens (tertiary/aromatic N) is 1. The highest BCUT2D eigenvalue weighted by atomic mass is 16.6. The lowest BCUT2D eigenvalue weighted by atomic mass is 9.95. The molecule has 2 fully saturated rings. The number of fused-ring (bicyclic) bond motifs is 1. The Labute approximate surface area is 132 Å². The molecule has 0 radical (unpaired) electrons. The minimum atomic E-state index is -0.445. The van der Waals surface area contributed by atoms with Gasteiger partial charge in [-0.05, 0) is 51.6 Å². The Morgan fingerprint density at radius 2 is 2.05 bits per heavy atom. The molecule has 22 heavy (non-hydrogen) atoms. The number of carbonyl (C=O) groups excluding carboxylic acids is 1. The van der Waals surface area contributed by atoms with E-state index in [1.165, 1.54) is 5.56 Å². The van der Waals surface area contributed by atoms with Gasteiger partial charge in [0.25, 0.3) is 0 Å². The second-order valence-electron chi connectivity index (χ2n) is 7.42. The van der Waals surface area contributed by atoms with Gasteiger partial charge in [-0.1, -0.05) is 30.3 Å². The van der Waals surface area contributed by atoms with Crippen LogP contribution in [0.25, 0.3) is 0 Å². The van der Waals surface area contributed by atoms with Gasteiger partial charge in [-0.2, -0.15) is 0 Å². The van der Waals surface area contributed by atoms with E-state index in [2.05, 4.69) is 29.6 Å². The van der Waals surface area contributed by atoms with Crippen molar-refractivity contribution in [3.05, 3.63) is 35.9 Å². The highest BCUT2D eigenvalue weighted by Gasteiger charge is 2.46. The molecule has 0 bridgehead atoms. The molecule has 3 atom stereocenters. The number of carbonyl (C=O) groups is 1. The van der Waals surface area contributed by atoms with Gasteiger partial charge in [0.15, 0.2) is 0 Å². The van der Waals surface area contributed by atoms with Gasteiger partial charge in [0.05, 0.1) is 6.04 Å². The third-order valence-corrected chi connectivity index (χ3v) is 4.56. The lowest BCUT2D eigenvalue weighted by molar-refractivity contribution is 0.0209. The van der Waals surface area contributed by atoms with E-state index in [4.69, 9.17) is 4.74 Å². The Kier molecular flexibility index (Phi) is 4.13. The maximum absolute atomic E-state index is 12.6. The van der Waals surface area contributed by atoms with Gasteiger partial charge < -0.3 is 15.0 Å². The fourth-order valence-electron chi connectivity index (χ4n) is 3.64. The molecule has 2 aliphatic rings. The van der Waals surface area contributed by atoms with Crippen LogP contribution in [-0.4, -0.2) is 41.8 Å². The number of benzene rings is 1. The first-order chi connectivity index (χ1) is 10.4. The Hall–Kier alpha value is -1.55. The average molecular weight is 302 g/mol. The quantitative estimate of drug-likeness (QED) is 0.913. The summed E-state index contributed by atoms with van der Waals surface area (Å²) in [5, 5.41) is 3.59. The molecule has 2 aliphatic heterocycles. The zero-order valence-electron chi connectivity index (χ0n) is 13.7. The van der Waals surface area contributed by atoms with Crippen LogP contribution < -0.4 is 5.32 Å². The van der Waals surface area contributed by atoms with Crippen molar-refractivity contribution in [3.8, 4) is 0 Å². The van der Waals surface area contributed by atoms with Gasteiger partial charge in [-0.25, -0.2) is 4.79 Å². The van der Waals surface area contributed by atoms with Gasteiger partial charge in [0, 0.05) is 12.6 Å². The number of hydrogen-bond donors (Lipinski definition) is 1. The first-order valence-electron chi connectivity index (χ1n) is 8.21. The molecule has 0 saturated carbocycles. The van der Waals surface area contributed by atoms with E-state index in [0.717, 1.165) is 25.9 Å². The Morgan fingerprint density at radius 1 is 1.32 bits per heavy atom. The van der Waals surface area contributed by atoms with E-state index in [0.29, 0.717) is 12.0 Å². The summed E-state index contributed by atoms with van der Waals surface area (Å²) < 4.78 is 5.61. The second kappa shape index (κ2) is 5.92. The molecule has 1 aromatic carbocycles. The van der Waals surface area contributed by atoms with E-state index in [-0.39, 0.29) is 12.1 Å². The third-order valence-electron chi connectivity index (χ3n) is 4.56. The number of hydrogen-bond acceptors (Lipinski definition) is 3. The van der Waals surface area contributed by atoms with Crippen LogP contribution in [0.5, 0.6) is 0 Å². The number of likely N-dealkylation sites (tertiary alicyclic amines) is 1. The van der Waals surface area contributed by atoms with E-state index >= 15 is 0 Å². The molecule has 0 aromatic heterocycles.